The van der Waals surface area contributed by atoms with Gasteiger partial charge < -0.3 is 29.2 Å². The SMILES string of the molecule is CCCCCCOc1ccccc1N(C(=O)[O-])C(COC)CN1CCCCC1. The molecule has 0 N–H and O–H groups in total. The molecule has 6 heteroatoms. The predicted octanol–water partition coefficient (Wildman–Crippen LogP) is 3.30. The van der Waals surface area contributed by atoms with Crippen LogP contribution in [-0.4, -0.2) is 57.0 Å². The number of piperidine rings is 1. The minimum Gasteiger partial charge on any atom is -0.530 e. The molecular formula is C22H35N2O4-. The van der Waals surface area contributed by atoms with Gasteiger partial charge in [0, 0.05) is 13.7 Å². The van der Waals surface area contributed by atoms with E-state index in [1.807, 2.05) is 18.2 Å². The molecule has 0 bridgehead atoms. The highest BCUT2D eigenvalue weighted by molar-refractivity contribution is 5.87. The highest BCUT2D eigenvalue weighted by Crippen LogP contribution is 2.30. The Morgan fingerprint density at radius 2 is 1.93 bits per heavy atom. The number of rotatable bonds is 12. The Morgan fingerprint density at radius 1 is 1.18 bits per heavy atom. The third-order valence-corrected chi connectivity index (χ3v) is 5.22. The molecule has 0 spiro atoms. The van der Waals surface area contributed by atoms with E-state index in [4.69, 9.17) is 9.47 Å². The lowest BCUT2D eigenvalue weighted by Gasteiger charge is -2.38. The predicted molar refractivity (Wildman–Crippen MR) is 110 cm³/mol. The van der Waals surface area contributed by atoms with Gasteiger partial charge in [-0.3, -0.25) is 0 Å². The second-order valence-electron chi connectivity index (χ2n) is 7.48. The highest BCUT2D eigenvalue weighted by Gasteiger charge is 2.26. The average molecular weight is 392 g/mol. The van der Waals surface area contributed by atoms with E-state index in [1.54, 1.807) is 13.2 Å². The van der Waals surface area contributed by atoms with Crippen molar-refractivity contribution in [3.05, 3.63) is 24.3 Å². The average Bonchev–Trinajstić information content (AvgIpc) is 2.70. The standard InChI is InChI=1S/C22H36N2O4/c1-3-4-5-11-16-28-21-13-8-7-12-20(21)24(22(25)26)19(18-27-2)17-23-14-9-6-10-15-23/h7-8,12-13,19H,3-6,9-11,14-18H2,1-2H3,(H,25,26)/p-1. The Labute approximate surface area is 169 Å². The van der Waals surface area contributed by atoms with E-state index in [0.29, 0.717) is 31.2 Å². The quantitative estimate of drug-likeness (QED) is 0.512. The number of hydrogen-bond donors (Lipinski definition) is 0. The zero-order valence-corrected chi connectivity index (χ0v) is 17.4. The van der Waals surface area contributed by atoms with Gasteiger partial charge in [-0.15, -0.1) is 0 Å². The van der Waals surface area contributed by atoms with Crippen LogP contribution < -0.4 is 14.7 Å². The molecule has 1 amide bonds. The van der Waals surface area contributed by atoms with Gasteiger partial charge in [0.25, 0.3) is 0 Å². The second-order valence-corrected chi connectivity index (χ2v) is 7.48. The van der Waals surface area contributed by atoms with E-state index in [-0.39, 0.29) is 6.04 Å². The molecule has 158 valence electrons. The van der Waals surface area contributed by atoms with Crippen molar-refractivity contribution in [2.75, 3.05) is 44.9 Å². The smallest absolute Gasteiger partial charge is 0.142 e. The summed E-state index contributed by atoms with van der Waals surface area (Å²) >= 11 is 0. The third-order valence-electron chi connectivity index (χ3n) is 5.22. The van der Waals surface area contributed by atoms with Crippen LogP contribution in [0.5, 0.6) is 5.75 Å². The van der Waals surface area contributed by atoms with Gasteiger partial charge in [-0.1, -0.05) is 44.7 Å². The van der Waals surface area contributed by atoms with Gasteiger partial charge in [-0.25, -0.2) is 0 Å². The second kappa shape index (κ2) is 12.6. The molecule has 2 rings (SSSR count). The Bertz CT molecular complexity index is 575. The van der Waals surface area contributed by atoms with Crippen LogP contribution >= 0.6 is 0 Å². The Balaban J connectivity index is 2.14. The first-order valence-corrected chi connectivity index (χ1v) is 10.6. The first-order valence-electron chi connectivity index (χ1n) is 10.6. The maximum atomic E-state index is 12.1. The molecule has 28 heavy (non-hydrogen) atoms. The largest absolute Gasteiger partial charge is 0.530 e. The molecule has 0 aromatic heterocycles. The van der Waals surface area contributed by atoms with Gasteiger partial charge in [-0.2, -0.15) is 0 Å². The zero-order chi connectivity index (χ0) is 20.2. The van der Waals surface area contributed by atoms with E-state index in [2.05, 4.69) is 11.8 Å². The number of carboxylic acid groups (broad SMARTS) is 1. The summed E-state index contributed by atoms with van der Waals surface area (Å²) in [5.41, 5.74) is 0.539. The summed E-state index contributed by atoms with van der Waals surface area (Å²) in [6.45, 7) is 5.69. The van der Waals surface area contributed by atoms with Gasteiger partial charge in [0.2, 0.25) is 0 Å². The van der Waals surface area contributed by atoms with Crippen molar-refractivity contribution in [1.82, 2.24) is 4.90 Å². The summed E-state index contributed by atoms with van der Waals surface area (Å²) in [7, 11) is 1.60. The molecular weight excluding hydrogens is 356 g/mol. The van der Waals surface area contributed by atoms with Crippen LogP contribution in [0.2, 0.25) is 0 Å². The van der Waals surface area contributed by atoms with Crippen LogP contribution in [-0.2, 0) is 4.74 Å². The van der Waals surface area contributed by atoms with Crippen LogP contribution in [0.4, 0.5) is 10.5 Å². The van der Waals surface area contributed by atoms with Gasteiger partial charge in [-0.05, 0) is 44.5 Å². The maximum Gasteiger partial charge on any atom is 0.142 e. The van der Waals surface area contributed by atoms with Crippen molar-refractivity contribution in [2.24, 2.45) is 0 Å². The molecule has 1 aliphatic heterocycles. The van der Waals surface area contributed by atoms with Crippen LogP contribution in [0.25, 0.3) is 0 Å². The molecule has 1 saturated heterocycles. The first-order chi connectivity index (χ1) is 13.7. The molecule has 6 nitrogen and oxygen atoms in total. The number of nitrogens with zero attached hydrogens (tertiary/aromatic N) is 2. The summed E-state index contributed by atoms with van der Waals surface area (Å²) in [5.74, 6) is 0.586. The molecule has 0 aliphatic carbocycles. The van der Waals surface area contributed by atoms with Crippen molar-refractivity contribution >= 4 is 11.8 Å². The lowest BCUT2D eigenvalue weighted by Crippen LogP contribution is -2.54. The maximum absolute atomic E-state index is 12.1. The molecule has 1 heterocycles. The van der Waals surface area contributed by atoms with Crippen LogP contribution in [0, 0.1) is 0 Å². The summed E-state index contributed by atoms with van der Waals surface area (Å²) in [6.07, 6.45) is 6.76. The Morgan fingerprint density at radius 3 is 2.61 bits per heavy atom. The Hall–Kier alpha value is -1.79. The number of amides is 1. The fraction of sp³-hybridized carbons (Fsp3) is 0.682. The number of likely N-dealkylation sites (tertiary alicyclic amines) is 1. The van der Waals surface area contributed by atoms with Crippen LogP contribution in [0.3, 0.4) is 0 Å². The lowest BCUT2D eigenvalue weighted by atomic mass is 10.1. The van der Waals surface area contributed by atoms with Gasteiger partial charge in [0.15, 0.2) is 0 Å². The molecule has 1 atom stereocenters. The van der Waals surface area contributed by atoms with Crippen molar-refractivity contribution < 1.29 is 19.4 Å². The van der Waals surface area contributed by atoms with Crippen molar-refractivity contribution in [3.63, 3.8) is 0 Å². The number of carbonyl (C=O) groups excluding carboxylic acids is 1. The first kappa shape index (κ1) is 22.5. The fourth-order valence-corrected chi connectivity index (χ4v) is 3.77. The molecule has 0 radical (unpaired) electrons. The van der Waals surface area contributed by atoms with Crippen LogP contribution in [0.1, 0.15) is 51.9 Å². The van der Waals surface area contributed by atoms with E-state index < -0.39 is 6.09 Å². The Kier molecular flexibility index (Phi) is 10.1. The van der Waals surface area contributed by atoms with Gasteiger partial charge in [0.1, 0.15) is 11.8 Å². The summed E-state index contributed by atoms with van der Waals surface area (Å²) in [6, 6.07) is 6.98. The normalized spacial score (nSPS) is 15.9. The molecule has 1 unspecified atom stereocenters. The van der Waals surface area contributed by atoms with Gasteiger partial charge >= 0.3 is 0 Å². The highest BCUT2D eigenvalue weighted by atomic mass is 16.5. The molecule has 1 aromatic carbocycles. The van der Waals surface area contributed by atoms with E-state index in [9.17, 15) is 9.90 Å². The lowest BCUT2D eigenvalue weighted by molar-refractivity contribution is -0.247. The number of benzene rings is 1. The number of anilines is 1. The summed E-state index contributed by atoms with van der Waals surface area (Å²) in [5, 5.41) is 12.1. The summed E-state index contributed by atoms with van der Waals surface area (Å²) in [4.78, 5) is 15.7. The number of methoxy groups -OCH3 is 1. The molecule has 1 fully saturated rings. The molecule has 1 aliphatic rings. The number of carbonyl (C=O) groups is 1. The van der Waals surface area contributed by atoms with Crippen LogP contribution in [0.15, 0.2) is 24.3 Å². The summed E-state index contributed by atoms with van der Waals surface area (Å²) < 4.78 is 11.3. The van der Waals surface area contributed by atoms with E-state index >= 15 is 0 Å². The van der Waals surface area contributed by atoms with E-state index in [1.165, 1.54) is 24.2 Å². The fourth-order valence-electron chi connectivity index (χ4n) is 3.77. The van der Waals surface area contributed by atoms with Gasteiger partial charge in [0.05, 0.1) is 24.9 Å². The minimum absolute atomic E-state index is 0.315. The number of ether oxygens (including phenoxy) is 2. The van der Waals surface area contributed by atoms with E-state index in [0.717, 1.165) is 38.8 Å². The van der Waals surface area contributed by atoms with Crippen molar-refractivity contribution in [3.8, 4) is 5.75 Å². The monoisotopic (exact) mass is 391 g/mol. The molecule has 1 aromatic rings. The van der Waals surface area contributed by atoms with Crippen molar-refractivity contribution in [1.29, 1.82) is 0 Å². The van der Waals surface area contributed by atoms with Crippen molar-refractivity contribution in [2.45, 2.75) is 57.9 Å². The zero-order valence-electron chi connectivity index (χ0n) is 17.4. The topological polar surface area (TPSA) is 65.1 Å². The third kappa shape index (κ3) is 6.99. The molecule has 0 saturated carbocycles. The number of unbranched alkanes of at least 4 members (excludes halogenated alkanes) is 3. The minimum atomic E-state index is -1.22. The number of hydrogen-bond acceptors (Lipinski definition) is 5. The number of para-hydroxylation sites is 2.